The molecule has 2 fully saturated rings. The summed E-state index contributed by atoms with van der Waals surface area (Å²) in [6.45, 7) is 5.11. The highest BCUT2D eigenvalue weighted by atomic mass is 16.5. The van der Waals surface area contributed by atoms with Gasteiger partial charge < -0.3 is 4.74 Å². The van der Waals surface area contributed by atoms with Crippen molar-refractivity contribution in [1.82, 2.24) is 0 Å². The summed E-state index contributed by atoms with van der Waals surface area (Å²) in [7, 11) is 0. The van der Waals surface area contributed by atoms with Crippen LogP contribution in [-0.2, 0) is 24.2 Å². The number of Topliss-reactive ketones (excluding diaryl/α,β-unsaturated/α-hetero) is 1. The van der Waals surface area contributed by atoms with Crippen molar-refractivity contribution in [3.63, 3.8) is 0 Å². The number of benzene rings is 2. The van der Waals surface area contributed by atoms with Gasteiger partial charge in [0.05, 0.1) is 0 Å². The molecule has 3 aliphatic rings. The molecule has 0 amide bonds. The normalized spacial score (nSPS) is 30.4. The Morgan fingerprint density at radius 3 is 2.69 bits per heavy atom. The molecule has 0 bridgehead atoms. The minimum atomic E-state index is -0.0367. The molecule has 2 saturated carbocycles. The van der Waals surface area contributed by atoms with Crippen LogP contribution in [0, 0.1) is 17.3 Å². The number of ether oxygens (including phenoxy) is 1. The van der Waals surface area contributed by atoms with E-state index in [1.54, 1.807) is 5.56 Å². The predicted octanol–water partition coefficient (Wildman–Crippen LogP) is 6.25. The first-order valence-electron chi connectivity index (χ1n) is 11.5. The average Bonchev–Trinajstić information content (AvgIpc) is 3.06. The lowest BCUT2D eigenvalue weighted by atomic mass is 9.55. The van der Waals surface area contributed by atoms with E-state index in [1.807, 2.05) is 6.07 Å². The van der Waals surface area contributed by atoms with Gasteiger partial charge in [0.25, 0.3) is 0 Å². The second-order valence-electron chi connectivity index (χ2n) is 9.62. The zero-order valence-corrected chi connectivity index (χ0v) is 17.7. The molecule has 0 heterocycles. The van der Waals surface area contributed by atoms with Crippen LogP contribution in [0.4, 0.5) is 0 Å². The second-order valence-corrected chi connectivity index (χ2v) is 9.62. The van der Waals surface area contributed by atoms with Gasteiger partial charge in [-0.1, -0.05) is 50.2 Å². The molecule has 2 heteroatoms. The maximum absolute atomic E-state index is 12.6. The van der Waals surface area contributed by atoms with E-state index in [-0.39, 0.29) is 5.41 Å². The molecule has 0 saturated heterocycles. The van der Waals surface area contributed by atoms with Crippen LogP contribution in [0.3, 0.4) is 0 Å². The summed E-state index contributed by atoms with van der Waals surface area (Å²) >= 11 is 0. The Hall–Kier alpha value is -2.09. The molecule has 2 aromatic carbocycles. The van der Waals surface area contributed by atoms with Crippen molar-refractivity contribution in [2.75, 3.05) is 0 Å². The molecule has 0 N–H and O–H groups in total. The largest absolute Gasteiger partial charge is 0.489 e. The first kappa shape index (κ1) is 18.9. The van der Waals surface area contributed by atoms with Crippen LogP contribution in [0.25, 0.3) is 0 Å². The summed E-state index contributed by atoms with van der Waals surface area (Å²) in [5, 5.41) is 0. The molecule has 0 unspecified atom stereocenters. The van der Waals surface area contributed by atoms with Crippen molar-refractivity contribution < 1.29 is 9.53 Å². The van der Waals surface area contributed by atoms with Crippen molar-refractivity contribution in [3.05, 3.63) is 64.7 Å². The maximum atomic E-state index is 12.6. The van der Waals surface area contributed by atoms with Gasteiger partial charge in [0.2, 0.25) is 0 Å². The van der Waals surface area contributed by atoms with Crippen LogP contribution in [0.2, 0.25) is 0 Å². The van der Waals surface area contributed by atoms with E-state index >= 15 is 0 Å². The molecule has 152 valence electrons. The van der Waals surface area contributed by atoms with E-state index in [0.29, 0.717) is 30.1 Å². The number of carbonyl (C=O) groups excluding carboxylic acids is 1. The summed E-state index contributed by atoms with van der Waals surface area (Å²) < 4.78 is 6.27. The SMILES string of the molecule is CCc1cc2c(cc1OCc1ccccc1)CC[C@@H]1[C@@H]2CC[C@]2(C)C(=O)CC[C@@H]12. The van der Waals surface area contributed by atoms with Crippen LogP contribution in [0.15, 0.2) is 42.5 Å². The molecule has 4 atom stereocenters. The molecule has 5 rings (SSSR count). The van der Waals surface area contributed by atoms with Gasteiger partial charge in [0.15, 0.2) is 0 Å². The molecule has 0 aromatic heterocycles. The minimum Gasteiger partial charge on any atom is -0.489 e. The topological polar surface area (TPSA) is 26.3 Å². The molecule has 29 heavy (non-hydrogen) atoms. The maximum Gasteiger partial charge on any atom is 0.139 e. The Bertz CT molecular complexity index is 916. The van der Waals surface area contributed by atoms with Gasteiger partial charge in [-0.2, -0.15) is 0 Å². The third kappa shape index (κ3) is 3.12. The third-order valence-electron chi connectivity index (χ3n) is 8.23. The zero-order valence-electron chi connectivity index (χ0n) is 17.7. The highest BCUT2D eigenvalue weighted by Gasteiger charge is 2.54. The van der Waals surface area contributed by atoms with E-state index < -0.39 is 0 Å². The molecule has 0 aliphatic heterocycles. The molecule has 0 spiro atoms. The van der Waals surface area contributed by atoms with E-state index in [1.165, 1.54) is 29.5 Å². The third-order valence-corrected chi connectivity index (χ3v) is 8.23. The fraction of sp³-hybridized carbons (Fsp3) is 0.519. The zero-order chi connectivity index (χ0) is 20.0. The smallest absolute Gasteiger partial charge is 0.139 e. The Balaban J connectivity index is 1.42. The van der Waals surface area contributed by atoms with Crippen molar-refractivity contribution in [3.8, 4) is 5.75 Å². The minimum absolute atomic E-state index is 0.0367. The Labute approximate surface area is 174 Å². The standard InChI is InChI=1S/C27H32O2/c1-3-19-15-23-20(16-25(19)29-17-18-7-5-4-6-8-18)9-10-22-21(23)13-14-27(2)24(22)11-12-26(27)28/h4-8,15-16,21-22,24H,3,9-14,17H2,1-2H3/t21-,22+,24-,27-/m0/s1. The van der Waals surface area contributed by atoms with Gasteiger partial charge in [-0.15, -0.1) is 0 Å². The lowest BCUT2D eigenvalue weighted by Crippen LogP contribution is -2.42. The quantitative estimate of drug-likeness (QED) is 0.618. The summed E-state index contributed by atoms with van der Waals surface area (Å²) in [5.74, 6) is 3.52. The fourth-order valence-electron chi connectivity index (χ4n) is 6.56. The van der Waals surface area contributed by atoms with Crippen LogP contribution in [0.1, 0.15) is 74.1 Å². The van der Waals surface area contributed by atoms with Crippen molar-refractivity contribution in [1.29, 1.82) is 0 Å². The van der Waals surface area contributed by atoms with Crippen LogP contribution in [-0.4, -0.2) is 5.78 Å². The van der Waals surface area contributed by atoms with Gasteiger partial charge in [-0.05, 0) is 84.6 Å². The molecule has 2 nitrogen and oxygen atoms in total. The number of carbonyl (C=O) groups is 1. The lowest BCUT2D eigenvalue weighted by Gasteiger charge is -2.48. The monoisotopic (exact) mass is 388 g/mol. The molecule has 3 aliphatic carbocycles. The highest BCUT2D eigenvalue weighted by molar-refractivity contribution is 5.87. The van der Waals surface area contributed by atoms with Crippen LogP contribution >= 0.6 is 0 Å². The van der Waals surface area contributed by atoms with E-state index in [4.69, 9.17) is 4.74 Å². The molecular formula is C27H32O2. The fourth-order valence-corrected chi connectivity index (χ4v) is 6.56. The predicted molar refractivity (Wildman–Crippen MR) is 116 cm³/mol. The van der Waals surface area contributed by atoms with Gasteiger partial charge in [0, 0.05) is 11.8 Å². The second kappa shape index (κ2) is 7.31. The van der Waals surface area contributed by atoms with Crippen molar-refractivity contribution >= 4 is 5.78 Å². The first-order chi connectivity index (χ1) is 14.1. The number of rotatable bonds is 4. The van der Waals surface area contributed by atoms with Crippen LogP contribution in [0.5, 0.6) is 5.75 Å². The number of hydrogen-bond acceptors (Lipinski definition) is 2. The number of ketones is 1. The van der Waals surface area contributed by atoms with Gasteiger partial charge >= 0.3 is 0 Å². The highest BCUT2D eigenvalue weighted by Crippen LogP contribution is 2.59. The Kier molecular flexibility index (Phi) is 4.76. The first-order valence-corrected chi connectivity index (χ1v) is 11.5. The number of aryl methyl sites for hydroxylation is 2. The van der Waals surface area contributed by atoms with E-state index in [2.05, 4.69) is 50.2 Å². The molecule has 0 radical (unpaired) electrons. The summed E-state index contributed by atoms with van der Waals surface area (Å²) in [5.41, 5.74) is 5.55. The van der Waals surface area contributed by atoms with Crippen molar-refractivity contribution in [2.24, 2.45) is 17.3 Å². The van der Waals surface area contributed by atoms with Gasteiger partial charge in [-0.3, -0.25) is 4.79 Å². The number of fused-ring (bicyclic) bond motifs is 5. The molecular weight excluding hydrogens is 356 g/mol. The summed E-state index contributed by atoms with van der Waals surface area (Å²) in [6, 6.07) is 15.2. The van der Waals surface area contributed by atoms with Crippen molar-refractivity contribution in [2.45, 2.75) is 71.3 Å². The number of hydrogen-bond donors (Lipinski definition) is 0. The van der Waals surface area contributed by atoms with E-state index in [0.717, 1.165) is 37.9 Å². The van der Waals surface area contributed by atoms with E-state index in [9.17, 15) is 4.79 Å². The summed E-state index contributed by atoms with van der Waals surface area (Å²) in [4.78, 5) is 12.6. The molecule has 2 aromatic rings. The average molecular weight is 389 g/mol. The van der Waals surface area contributed by atoms with Gasteiger partial charge in [-0.25, -0.2) is 0 Å². The van der Waals surface area contributed by atoms with Gasteiger partial charge in [0.1, 0.15) is 18.1 Å². The Morgan fingerprint density at radius 1 is 1.07 bits per heavy atom. The lowest BCUT2D eigenvalue weighted by molar-refractivity contribution is -0.129. The summed E-state index contributed by atoms with van der Waals surface area (Å²) in [6.07, 6.45) is 7.52. The van der Waals surface area contributed by atoms with Crippen LogP contribution < -0.4 is 4.74 Å². The Morgan fingerprint density at radius 2 is 1.90 bits per heavy atom.